The maximum Gasteiger partial charge on any atom is 0.0413 e. The Labute approximate surface area is 147 Å². The molecular formula is C22H32N2. The minimum Gasteiger partial charge on any atom is -0.385 e. The van der Waals surface area contributed by atoms with Crippen molar-refractivity contribution in [1.29, 1.82) is 0 Å². The standard InChI is InChI=1S/C20H26N2.C2H6/c1-14(2)22-17-12-15(3)19-18(13-17)20(4,10-11-21-19)16-8-6-5-7-9-16;1-2/h5-9,12-14,21-22H,10-11H2,1-4H3;1-2H3. The molecular weight excluding hydrogens is 292 g/mol. The van der Waals surface area contributed by atoms with Crippen molar-refractivity contribution in [1.82, 2.24) is 0 Å². The zero-order valence-corrected chi connectivity index (χ0v) is 16.0. The second-order valence-electron chi connectivity index (χ2n) is 6.89. The Morgan fingerprint density at radius 1 is 1.08 bits per heavy atom. The second-order valence-corrected chi connectivity index (χ2v) is 6.89. The number of fused-ring (bicyclic) bond motifs is 1. The number of anilines is 2. The van der Waals surface area contributed by atoms with Crippen LogP contribution in [0.15, 0.2) is 42.5 Å². The van der Waals surface area contributed by atoms with E-state index in [0.717, 1.165) is 13.0 Å². The van der Waals surface area contributed by atoms with Gasteiger partial charge in [0.25, 0.3) is 0 Å². The van der Waals surface area contributed by atoms with Crippen molar-refractivity contribution >= 4 is 11.4 Å². The van der Waals surface area contributed by atoms with Gasteiger partial charge in [-0.15, -0.1) is 0 Å². The molecule has 130 valence electrons. The van der Waals surface area contributed by atoms with Gasteiger partial charge >= 0.3 is 0 Å². The number of nitrogens with one attached hydrogen (secondary N) is 2. The number of rotatable bonds is 3. The first kappa shape index (κ1) is 18.4. The van der Waals surface area contributed by atoms with Gasteiger partial charge in [-0.25, -0.2) is 0 Å². The van der Waals surface area contributed by atoms with Gasteiger partial charge in [-0.2, -0.15) is 0 Å². The van der Waals surface area contributed by atoms with E-state index in [-0.39, 0.29) is 5.41 Å². The van der Waals surface area contributed by atoms with Crippen LogP contribution in [0.5, 0.6) is 0 Å². The molecule has 1 heterocycles. The van der Waals surface area contributed by atoms with E-state index in [1.807, 2.05) is 13.8 Å². The van der Waals surface area contributed by atoms with Crippen LogP contribution >= 0.6 is 0 Å². The van der Waals surface area contributed by atoms with Crippen molar-refractivity contribution < 1.29 is 0 Å². The normalized spacial score (nSPS) is 19.0. The van der Waals surface area contributed by atoms with Crippen LogP contribution in [0.3, 0.4) is 0 Å². The summed E-state index contributed by atoms with van der Waals surface area (Å²) in [7, 11) is 0. The van der Waals surface area contributed by atoms with Gasteiger partial charge in [-0.05, 0) is 56.0 Å². The average Bonchev–Trinajstić information content (AvgIpc) is 2.58. The molecule has 1 aliphatic rings. The van der Waals surface area contributed by atoms with Crippen molar-refractivity contribution in [3.63, 3.8) is 0 Å². The van der Waals surface area contributed by atoms with Crippen LogP contribution in [0.4, 0.5) is 11.4 Å². The lowest BCUT2D eigenvalue weighted by Gasteiger charge is -2.38. The molecule has 1 aliphatic heterocycles. The van der Waals surface area contributed by atoms with Crippen molar-refractivity contribution in [3.05, 3.63) is 59.2 Å². The summed E-state index contributed by atoms with van der Waals surface area (Å²) in [6, 6.07) is 15.9. The van der Waals surface area contributed by atoms with E-state index in [1.165, 1.54) is 28.1 Å². The smallest absolute Gasteiger partial charge is 0.0413 e. The van der Waals surface area contributed by atoms with E-state index < -0.39 is 0 Å². The fraction of sp³-hybridized carbons (Fsp3) is 0.455. The highest BCUT2D eigenvalue weighted by Gasteiger charge is 2.34. The van der Waals surface area contributed by atoms with Crippen LogP contribution in [0.1, 0.15) is 57.7 Å². The largest absolute Gasteiger partial charge is 0.385 e. The highest BCUT2D eigenvalue weighted by atomic mass is 14.9. The Morgan fingerprint density at radius 3 is 2.38 bits per heavy atom. The van der Waals surface area contributed by atoms with Crippen molar-refractivity contribution in [3.8, 4) is 0 Å². The van der Waals surface area contributed by atoms with Crippen LogP contribution in [-0.4, -0.2) is 12.6 Å². The fourth-order valence-electron chi connectivity index (χ4n) is 3.55. The van der Waals surface area contributed by atoms with E-state index >= 15 is 0 Å². The fourth-order valence-corrected chi connectivity index (χ4v) is 3.55. The maximum atomic E-state index is 3.61. The first-order valence-electron chi connectivity index (χ1n) is 9.22. The molecule has 0 amide bonds. The zero-order chi connectivity index (χ0) is 17.7. The number of aryl methyl sites for hydroxylation is 1. The molecule has 0 fully saturated rings. The van der Waals surface area contributed by atoms with Gasteiger partial charge < -0.3 is 10.6 Å². The van der Waals surface area contributed by atoms with Crippen molar-refractivity contribution in [2.45, 2.75) is 59.4 Å². The van der Waals surface area contributed by atoms with Gasteiger partial charge in [0.1, 0.15) is 0 Å². The van der Waals surface area contributed by atoms with E-state index in [2.05, 4.69) is 80.8 Å². The lowest BCUT2D eigenvalue weighted by Crippen LogP contribution is -2.33. The lowest BCUT2D eigenvalue weighted by molar-refractivity contribution is 0.521. The van der Waals surface area contributed by atoms with Crippen LogP contribution in [0.25, 0.3) is 0 Å². The van der Waals surface area contributed by atoms with E-state index in [1.54, 1.807) is 0 Å². The quantitative estimate of drug-likeness (QED) is 0.727. The summed E-state index contributed by atoms with van der Waals surface area (Å²) in [5, 5.41) is 7.17. The van der Waals surface area contributed by atoms with Gasteiger partial charge in [0, 0.05) is 29.4 Å². The molecule has 0 saturated carbocycles. The summed E-state index contributed by atoms with van der Waals surface area (Å²) in [5.41, 5.74) is 6.74. The summed E-state index contributed by atoms with van der Waals surface area (Å²) in [6.07, 6.45) is 1.12. The molecule has 2 heteroatoms. The van der Waals surface area contributed by atoms with Crippen LogP contribution < -0.4 is 10.6 Å². The summed E-state index contributed by atoms with van der Waals surface area (Å²) in [5.74, 6) is 0. The third-order valence-electron chi connectivity index (χ3n) is 4.72. The summed E-state index contributed by atoms with van der Waals surface area (Å²) in [4.78, 5) is 0. The molecule has 0 aliphatic carbocycles. The van der Waals surface area contributed by atoms with Gasteiger partial charge in [0.05, 0.1) is 0 Å². The van der Waals surface area contributed by atoms with E-state index in [0.29, 0.717) is 6.04 Å². The monoisotopic (exact) mass is 324 g/mol. The molecule has 2 nitrogen and oxygen atoms in total. The molecule has 3 rings (SSSR count). The third-order valence-corrected chi connectivity index (χ3v) is 4.72. The second kappa shape index (κ2) is 7.74. The van der Waals surface area contributed by atoms with Gasteiger partial charge in [0.15, 0.2) is 0 Å². The summed E-state index contributed by atoms with van der Waals surface area (Å²) < 4.78 is 0. The molecule has 0 aromatic heterocycles. The number of hydrogen-bond acceptors (Lipinski definition) is 2. The van der Waals surface area contributed by atoms with Gasteiger partial charge in [0.2, 0.25) is 0 Å². The molecule has 24 heavy (non-hydrogen) atoms. The van der Waals surface area contributed by atoms with Gasteiger partial charge in [-0.3, -0.25) is 0 Å². The number of hydrogen-bond donors (Lipinski definition) is 2. The Hall–Kier alpha value is -1.96. The Kier molecular flexibility index (Phi) is 5.93. The molecule has 2 N–H and O–H groups in total. The molecule has 0 saturated heterocycles. The number of benzene rings is 2. The van der Waals surface area contributed by atoms with Crippen molar-refractivity contribution in [2.24, 2.45) is 0 Å². The van der Waals surface area contributed by atoms with E-state index in [4.69, 9.17) is 0 Å². The minimum absolute atomic E-state index is 0.0707. The van der Waals surface area contributed by atoms with Crippen LogP contribution in [-0.2, 0) is 5.41 Å². The Bertz CT molecular complexity index is 661. The van der Waals surface area contributed by atoms with Gasteiger partial charge in [-0.1, -0.05) is 51.1 Å². The topological polar surface area (TPSA) is 24.1 Å². The molecule has 0 spiro atoms. The average molecular weight is 325 g/mol. The van der Waals surface area contributed by atoms with Crippen LogP contribution in [0.2, 0.25) is 0 Å². The predicted octanol–water partition coefficient (Wildman–Crippen LogP) is 5.96. The van der Waals surface area contributed by atoms with E-state index in [9.17, 15) is 0 Å². The molecule has 0 bridgehead atoms. The molecule has 1 atom stereocenters. The lowest BCUT2D eigenvalue weighted by atomic mass is 9.70. The molecule has 0 radical (unpaired) electrons. The summed E-state index contributed by atoms with van der Waals surface area (Å²) in [6.45, 7) is 14.0. The molecule has 2 aromatic rings. The molecule has 2 aromatic carbocycles. The predicted molar refractivity (Wildman–Crippen MR) is 107 cm³/mol. The summed E-state index contributed by atoms with van der Waals surface area (Å²) >= 11 is 0. The Balaban J connectivity index is 0.00000100. The van der Waals surface area contributed by atoms with Crippen LogP contribution in [0, 0.1) is 6.92 Å². The SMILES string of the molecule is CC.Cc1cc(NC(C)C)cc2c1NCCC2(C)c1ccccc1. The highest BCUT2D eigenvalue weighted by molar-refractivity contribution is 5.70. The zero-order valence-electron chi connectivity index (χ0n) is 16.0. The first-order chi connectivity index (χ1) is 11.5. The molecule has 1 unspecified atom stereocenters. The highest BCUT2D eigenvalue weighted by Crippen LogP contribution is 2.44. The maximum absolute atomic E-state index is 3.61. The minimum atomic E-state index is 0.0707. The third kappa shape index (κ3) is 3.58. The first-order valence-corrected chi connectivity index (χ1v) is 9.22. The Morgan fingerprint density at radius 2 is 1.75 bits per heavy atom. The van der Waals surface area contributed by atoms with Crippen molar-refractivity contribution in [2.75, 3.05) is 17.2 Å².